The Morgan fingerprint density at radius 3 is 2.57 bits per heavy atom. The lowest BCUT2D eigenvalue weighted by Gasteiger charge is -2.16. The van der Waals surface area contributed by atoms with E-state index in [-0.39, 0.29) is 40.4 Å². The minimum atomic E-state index is -3.68. The van der Waals surface area contributed by atoms with Crippen LogP contribution < -0.4 is 11.2 Å². The van der Waals surface area contributed by atoms with Crippen molar-refractivity contribution in [2.45, 2.75) is 17.9 Å². The maximum atomic E-state index is 13.4. The number of fused-ring (bicyclic) bond motifs is 1. The SMILES string of the molecule is CS(=O)(=O)c1ccccc1-n1c(=O)n(CC2=NC=CC(=O)C2)c(=O)c2cccnc21. The van der Waals surface area contributed by atoms with E-state index < -0.39 is 21.1 Å². The van der Waals surface area contributed by atoms with Gasteiger partial charge in [-0.2, -0.15) is 0 Å². The normalized spacial score (nSPS) is 14.2. The van der Waals surface area contributed by atoms with Gasteiger partial charge in [-0.05, 0) is 30.3 Å². The van der Waals surface area contributed by atoms with Crippen molar-refractivity contribution in [3.8, 4) is 5.69 Å². The number of aromatic nitrogens is 3. The van der Waals surface area contributed by atoms with Crippen molar-refractivity contribution < 1.29 is 13.2 Å². The Bertz CT molecular complexity index is 1480. The van der Waals surface area contributed by atoms with Crippen molar-refractivity contribution in [3.63, 3.8) is 0 Å². The van der Waals surface area contributed by atoms with Gasteiger partial charge in [-0.3, -0.25) is 19.1 Å². The van der Waals surface area contributed by atoms with Gasteiger partial charge in [-0.1, -0.05) is 12.1 Å². The molecule has 0 radical (unpaired) electrons. The van der Waals surface area contributed by atoms with E-state index in [2.05, 4.69) is 9.98 Å². The Labute approximate surface area is 170 Å². The molecule has 9 nitrogen and oxygen atoms in total. The third kappa shape index (κ3) is 3.41. The van der Waals surface area contributed by atoms with Crippen molar-refractivity contribution >= 4 is 32.4 Å². The van der Waals surface area contributed by atoms with Crippen molar-refractivity contribution in [1.82, 2.24) is 14.1 Å². The van der Waals surface area contributed by atoms with Crippen LogP contribution in [-0.2, 0) is 21.2 Å². The Hall–Kier alpha value is -3.66. The van der Waals surface area contributed by atoms with E-state index in [1.54, 1.807) is 18.2 Å². The van der Waals surface area contributed by atoms with Crippen LogP contribution in [0.1, 0.15) is 6.42 Å². The summed E-state index contributed by atoms with van der Waals surface area (Å²) in [6, 6.07) is 9.06. The maximum absolute atomic E-state index is 13.4. The lowest BCUT2D eigenvalue weighted by atomic mass is 10.1. The number of nitrogens with zero attached hydrogens (tertiary/aromatic N) is 4. The Morgan fingerprint density at radius 2 is 1.83 bits per heavy atom. The van der Waals surface area contributed by atoms with Crippen LogP contribution in [0.15, 0.2) is 74.3 Å². The number of ketones is 1. The fourth-order valence-corrected chi connectivity index (χ4v) is 4.17. The first-order chi connectivity index (χ1) is 14.3. The van der Waals surface area contributed by atoms with Crippen molar-refractivity contribution in [2.24, 2.45) is 4.99 Å². The van der Waals surface area contributed by atoms with E-state index in [0.717, 1.165) is 15.4 Å². The smallest absolute Gasteiger partial charge is 0.294 e. The highest BCUT2D eigenvalue weighted by atomic mass is 32.2. The van der Waals surface area contributed by atoms with Gasteiger partial charge in [-0.25, -0.2) is 22.8 Å². The summed E-state index contributed by atoms with van der Waals surface area (Å²) in [5.74, 6) is -0.182. The lowest BCUT2D eigenvalue weighted by Crippen LogP contribution is -2.42. The molecule has 1 aliphatic heterocycles. The van der Waals surface area contributed by atoms with E-state index >= 15 is 0 Å². The minimum absolute atomic E-state index is 0.00656. The van der Waals surface area contributed by atoms with Gasteiger partial charge in [0, 0.05) is 24.4 Å². The van der Waals surface area contributed by atoms with Crippen LogP contribution in [-0.4, -0.2) is 40.3 Å². The van der Waals surface area contributed by atoms with Crippen LogP contribution in [0.4, 0.5) is 0 Å². The van der Waals surface area contributed by atoms with Gasteiger partial charge in [0.25, 0.3) is 5.56 Å². The summed E-state index contributed by atoms with van der Waals surface area (Å²) in [5, 5.41) is 0.138. The molecule has 3 aromatic rings. The number of sulfone groups is 1. The molecule has 0 saturated carbocycles. The van der Waals surface area contributed by atoms with Crippen molar-refractivity contribution in [2.75, 3.05) is 6.26 Å². The molecule has 3 heterocycles. The largest absolute Gasteiger partial charge is 0.337 e. The number of carbonyl (C=O) groups is 1. The molecule has 2 aromatic heterocycles. The monoisotopic (exact) mass is 424 g/mol. The highest BCUT2D eigenvalue weighted by Gasteiger charge is 2.22. The number of pyridine rings is 1. The zero-order chi connectivity index (χ0) is 21.5. The Kier molecular flexibility index (Phi) is 4.78. The van der Waals surface area contributed by atoms with Gasteiger partial charge in [0.05, 0.1) is 28.9 Å². The summed E-state index contributed by atoms with van der Waals surface area (Å²) < 4.78 is 26.7. The minimum Gasteiger partial charge on any atom is -0.294 e. The second-order valence-electron chi connectivity index (χ2n) is 6.78. The molecule has 0 unspecified atom stereocenters. The van der Waals surface area contributed by atoms with E-state index in [1.807, 2.05) is 0 Å². The van der Waals surface area contributed by atoms with Crippen molar-refractivity contribution in [3.05, 3.63) is 75.7 Å². The summed E-state index contributed by atoms with van der Waals surface area (Å²) in [7, 11) is -3.68. The predicted octanol–water partition coefficient (Wildman–Crippen LogP) is 0.878. The number of benzene rings is 1. The lowest BCUT2D eigenvalue weighted by molar-refractivity contribution is -0.113. The first-order valence-corrected chi connectivity index (χ1v) is 10.8. The Balaban J connectivity index is 2.06. The molecule has 0 saturated heterocycles. The topological polar surface area (TPSA) is 120 Å². The molecule has 0 spiro atoms. The van der Waals surface area contributed by atoms with Crippen LogP contribution in [0.25, 0.3) is 16.7 Å². The van der Waals surface area contributed by atoms with Crippen LogP contribution in [0.2, 0.25) is 0 Å². The fourth-order valence-electron chi connectivity index (χ4n) is 3.31. The van der Waals surface area contributed by atoms with Crippen LogP contribution in [0.5, 0.6) is 0 Å². The van der Waals surface area contributed by atoms with Crippen LogP contribution >= 0.6 is 0 Å². The van der Waals surface area contributed by atoms with Crippen LogP contribution in [0, 0.1) is 0 Å². The zero-order valence-corrected chi connectivity index (χ0v) is 16.7. The van der Waals surface area contributed by atoms with Gasteiger partial charge in [0.2, 0.25) is 0 Å². The number of para-hydroxylation sites is 1. The first kappa shape index (κ1) is 19.6. The average Bonchev–Trinajstić information content (AvgIpc) is 2.71. The molecule has 0 fully saturated rings. The number of hydrogen-bond donors (Lipinski definition) is 0. The molecule has 4 rings (SSSR count). The second-order valence-corrected chi connectivity index (χ2v) is 8.76. The molecule has 1 aromatic carbocycles. The Morgan fingerprint density at radius 1 is 1.07 bits per heavy atom. The molecule has 0 N–H and O–H groups in total. The number of hydrogen-bond acceptors (Lipinski definition) is 7. The molecule has 0 atom stereocenters. The molecule has 30 heavy (non-hydrogen) atoms. The van der Waals surface area contributed by atoms with Gasteiger partial charge in [0.1, 0.15) is 0 Å². The highest BCUT2D eigenvalue weighted by Crippen LogP contribution is 2.21. The quantitative estimate of drug-likeness (QED) is 0.613. The molecule has 0 amide bonds. The van der Waals surface area contributed by atoms with Gasteiger partial charge < -0.3 is 0 Å². The molecule has 1 aliphatic rings. The predicted molar refractivity (Wildman–Crippen MR) is 111 cm³/mol. The maximum Gasteiger partial charge on any atom is 0.337 e. The zero-order valence-electron chi connectivity index (χ0n) is 15.8. The number of aliphatic imine (C=N–C) groups is 1. The van der Waals surface area contributed by atoms with Gasteiger partial charge in [-0.15, -0.1) is 0 Å². The van der Waals surface area contributed by atoms with Gasteiger partial charge >= 0.3 is 5.69 Å². The van der Waals surface area contributed by atoms with Crippen molar-refractivity contribution in [1.29, 1.82) is 0 Å². The first-order valence-electron chi connectivity index (χ1n) is 8.92. The van der Waals surface area contributed by atoms with E-state index in [1.165, 1.54) is 36.7 Å². The molecular weight excluding hydrogens is 408 g/mol. The number of allylic oxidation sites excluding steroid dienone is 1. The summed E-state index contributed by atoms with van der Waals surface area (Å²) in [4.78, 5) is 46.2. The third-order valence-electron chi connectivity index (χ3n) is 4.64. The second kappa shape index (κ2) is 7.30. The number of rotatable bonds is 4. The summed E-state index contributed by atoms with van der Waals surface area (Å²) in [6.07, 6.45) is 5.09. The highest BCUT2D eigenvalue weighted by molar-refractivity contribution is 7.90. The summed E-state index contributed by atoms with van der Waals surface area (Å²) in [5.41, 5.74) is -0.883. The molecule has 152 valence electrons. The summed E-state index contributed by atoms with van der Waals surface area (Å²) in [6.45, 7) is -0.195. The molecule has 0 aliphatic carbocycles. The third-order valence-corrected chi connectivity index (χ3v) is 5.78. The standard InChI is InChI=1S/C20H16N4O5S/c1-30(28,29)17-7-3-2-6-16(17)24-18-15(5-4-9-22-18)19(26)23(20(24)27)12-13-11-14(25)8-10-21-13/h2-10H,11-12H2,1H3. The molecule has 0 bridgehead atoms. The van der Waals surface area contributed by atoms with Gasteiger partial charge in [0.15, 0.2) is 21.3 Å². The molecule has 10 heteroatoms. The van der Waals surface area contributed by atoms with E-state index in [0.29, 0.717) is 5.71 Å². The fraction of sp³-hybridized carbons (Fsp3) is 0.150. The van der Waals surface area contributed by atoms with E-state index in [9.17, 15) is 22.8 Å². The average molecular weight is 424 g/mol. The van der Waals surface area contributed by atoms with Crippen LogP contribution in [0.3, 0.4) is 0 Å². The summed E-state index contributed by atoms with van der Waals surface area (Å²) >= 11 is 0. The molecular formula is C20H16N4O5S. The number of carbonyl (C=O) groups excluding carboxylic acids is 1. The van der Waals surface area contributed by atoms with E-state index in [4.69, 9.17) is 0 Å².